The van der Waals surface area contributed by atoms with Gasteiger partial charge in [0.15, 0.2) is 0 Å². The highest BCUT2D eigenvalue weighted by atomic mass is 14.4. The van der Waals surface area contributed by atoms with Crippen LogP contribution < -0.4 is 0 Å². The van der Waals surface area contributed by atoms with Crippen molar-refractivity contribution in [1.29, 1.82) is 0 Å². The Bertz CT molecular complexity index is 393. The van der Waals surface area contributed by atoms with Gasteiger partial charge in [0.1, 0.15) is 0 Å². The van der Waals surface area contributed by atoms with Gasteiger partial charge in [-0.05, 0) is 49.9 Å². The maximum Gasteiger partial charge on any atom is -0.0241 e. The Morgan fingerprint density at radius 3 is 1.25 bits per heavy atom. The van der Waals surface area contributed by atoms with Gasteiger partial charge >= 0.3 is 0 Å². The van der Waals surface area contributed by atoms with E-state index in [0.29, 0.717) is 5.41 Å². The molecule has 1 atom stereocenters. The molecular weight excluding hydrogens is 384 g/mol. The monoisotopic (exact) mass is 447 g/mol. The van der Waals surface area contributed by atoms with Crippen molar-refractivity contribution in [1.82, 2.24) is 0 Å². The summed E-state index contributed by atoms with van der Waals surface area (Å²) in [5.74, 6) is 1.73. The molecule has 32 heavy (non-hydrogen) atoms. The van der Waals surface area contributed by atoms with Crippen LogP contribution in [0.2, 0.25) is 0 Å². The van der Waals surface area contributed by atoms with E-state index in [0.717, 1.165) is 0 Å². The van der Waals surface area contributed by atoms with E-state index in [1.54, 1.807) is 5.92 Å². The summed E-state index contributed by atoms with van der Waals surface area (Å²) >= 11 is 0. The van der Waals surface area contributed by atoms with E-state index in [2.05, 4.69) is 41.2 Å². The SMILES string of the molecule is C=C(CCC)CCCCCCCCCCC(CCCCCC)(CCCCCCC)[C](C)C. The molecule has 0 aromatic heterocycles. The summed E-state index contributed by atoms with van der Waals surface area (Å²) in [5, 5.41) is 0. The Labute approximate surface area is 205 Å². The summed E-state index contributed by atoms with van der Waals surface area (Å²) in [6, 6.07) is 0. The fourth-order valence-electron chi connectivity index (χ4n) is 5.46. The molecule has 0 saturated carbocycles. The van der Waals surface area contributed by atoms with E-state index in [-0.39, 0.29) is 0 Å². The lowest BCUT2D eigenvalue weighted by molar-refractivity contribution is 0.213. The first-order chi connectivity index (χ1) is 15.5. The van der Waals surface area contributed by atoms with Gasteiger partial charge < -0.3 is 0 Å². The minimum absolute atomic E-state index is 0.543. The predicted molar refractivity (Wildman–Crippen MR) is 149 cm³/mol. The van der Waals surface area contributed by atoms with Gasteiger partial charge in [0.25, 0.3) is 0 Å². The molecule has 0 bridgehead atoms. The standard InChI is InChI=1S/C32H63/c1-7-10-12-19-23-28-32(30(4)5,27-22-13-11-8-2)29-24-20-17-15-14-16-18-21-26-31(6)25-9-3/h6-29H2,1-5H3. The molecule has 0 aromatic rings. The molecular formula is C32H63. The molecule has 0 spiro atoms. The molecule has 0 rings (SSSR count). The maximum absolute atomic E-state index is 4.20. The molecule has 0 nitrogen and oxygen atoms in total. The van der Waals surface area contributed by atoms with Crippen LogP contribution in [0.1, 0.15) is 182 Å². The van der Waals surface area contributed by atoms with Gasteiger partial charge in [-0.15, -0.1) is 0 Å². The lowest BCUT2D eigenvalue weighted by Gasteiger charge is -2.38. The third-order valence-electron chi connectivity index (χ3n) is 7.87. The van der Waals surface area contributed by atoms with Gasteiger partial charge in [0.05, 0.1) is 0 Å². The molecule has 0 aromatic carbocycles. The molecule has 0 aliphatic heterocycles. The molecule has 0 N–H and O–H groups in total. The van der Waals surface area contributed by atoms with Crippen molar-refractivity contribution in [3.63, 3.8) is 0 Å². The molecule has 0 aliphatic rings. The van der Waals surface area contributed by atoms with Crippen molar-refractivity contribution in [3.8, 4) is 0 Å². The van der Waals surface area contributed by atoms with E-state index in [1.165, 1.54) is 153 Å². The predicted octanol–water partition coefficient (Wildman–Crippen LogP) is 12.2. The highest BCUT2D eigenvalue weighted by Crippen LogP contribution is 2.45. The first-order valence-electron chi connectivity index (χ1n) is 15.0. The number of hydrogen-bond acceptors (Lipinski definition) is 0. The number of allylic oxidation sites excluding steroid dienone is 1. The number of unbranched alkanes of at least 4 members (excludes halogenated alkanes) is 14. The Morgan fingerprint density at radius 1 is 0.469 bits per heavy atom. The summed E-state index contributed by atoms with van der Waals surface area (Å²) in [6.07, 6.45) is 32.3. The maximum atomic E-state index is 4.20. The van der Waals surface area contributed by atoms with E-state index >= 15 is 0 Å². The van der Waals surface area contributed by atoms with Crippen LogP contribution in [0.5, 0.6) is 0 Å². The molecule has 0 aliphatic carbocycles. The van der Waals surface area contributed by atoms with Crippen molar-refractivity contribution in [3.05, 3.63) is 18.1 Å². The first kappa shape index (κ1) is 31.7. The Balaban J connectivity index is 4.18. The first-order valence-corrected chi connectivity index (χ1v) is 15.0. The highest BCUT2D eigenvalue weighted by Gasteiger charge is 2.32. The summed E-state index contributed by atoms with van der Waals surface area (Å²) in [6.45, 7) is 16.0. The molecule has 0 fully saturated rings. The summed E-state index contributed by atoms with van der Waals surface area (Å²) in [7, 11) is 0. The molecule has 0 amide bonds. The Kier molecular flexibility index (Phi) is 22.3. The number of rotatable bonds is 25. The van der Waals surface area contributed by atoms with Crippen LogP contribution in [-0.4, -0.2) is 0 Å². The van der Waals surface area contributed by atoms with Gasteiger partial charge in [-0.1, -0.05) is 156 Å². The summed E-state index contributed by atoms with van der Waals surface area (Å²) in [5.41, 5.74) is 2.01. The van der Waals surface area contributed by atoms with E-state index in [1.807, 2.05) is 0 Å². The summed E-state index contributed by atoms with van der Waals surface area (Å²) in [4.78, 5) is 0. The Morgan fingerprint density at radius 2 is 0.844 bits per heavy atom. The van der Waals surface area contributed by atoms with Crippen molar-refractivity contribution in [2.75, 3.05) is 0 Å². The van der Waals surface area contributed by atoms with E-state index in [4.69, 9.17) is 0 Å². The van der Waals surface area contributed by atoms with Crippen LogP contribution in [-0.2, 0) is 0 Å². The third kappa shape index (κ3) is 17.2. The topological polar surface area (TPSA) is 0 Å². The summed E-state index contributed by atoms with van der Waals surface area (Å²) < 4.78 is 0. The van der Waals surface area contributed by atoms with Gasteiger partial charge in [0.2, 0.25) is 0 Å². The third-order valence-corrected chi connectivity index (χ3v) is 7.87. The lowest BCUT2D eigenvalue weighted by Crippen LogP contribution is -2.26. The van der Waals surface area contributed by atoms with Crippen LogP contribution in [0.4, 0.5) is 0 Å². The van der Waals surface area contributed by atoms with Crippen molar-refractivity contribution in [2.24, 2.45) is 5.41 Å². The lowest BCUT2D eigenvalue weighted by atomic mass is 9.67. The normalized spacial score (nSPS) is 13.6. The molecule has 0 saturated heterocycles. The number of hydrogen-bond donors (Lipinski definition) is 0. The average molecular weight is 448 g/mol. The fourth-order valence-corrected chi connectivity index (χ4v) is 5.46. The molecule has 0 heteroatoms. The van der Waals surface area contributed by atoms with E-state index < -0.39 is 0 Å². The van der Waals surface area contributed by atoms with Crippen LogP contribution >= 0.6 is 0 Å². The zero-order valence-electron chi connectivity index (χ0n) is 23.5. The molecule has 1 radical (unpaired) electrons. The van der Waals surface area contributed by atoms with Crippen molar-refractivity contribution >= 4 is 0 Å². The Hall–Kier alpha value is -0.260. The van der Waals surface area contributed by atoms with Crippen molar-refractivity contribution in [2.45, 2.75) is 182 Å². The largest absolute Gasteiger partial charge is 0.0999 e. The quantitative estimate of drug-likeness (QED) is 0.0963. The van der Waals surface area contributed by atoms with Gasteiger partial charge in [-0.25, -0.2) is 0 Å². The molecule has 0 heterocycles. The smallest absolute Gasteiger partial charge is 0.0241 e. The van der Waals surface area contributed by atoms with E-state index in [9.17, 15) is 0 Å². The average Bonchev–Trinajstić information content (AvgIpc) is 2.77. The second-order valence-electron chi connectivity index (χ2n) is 11.1. The van der Waals surface area contributed by atoms with Crippen LogP contribution in [0.15, 0.2) is 12.2 Å². The van der Waals surface area contributed by atoms with Crippen LogP contribution in [0, 0.1) is 11.3 Å². The van der Waals surface area contributed by atoms with Crippen molar-refractivity contribution < 1.29 is 0 Å². The van der Waals surface area contributed by atoms with Gasteiger partial charge in [-0.3, -0.25) is 0 Å². The zero-order valence-corrected chi connectivity index (χ0v) is 23.5. The highest BCUT2D eigenvalue weighted by molar-refractivity contribution is 5.00. The zero-order chi connectivity index (χ0) is 23.9. The minimum Gasteiger partial charge on any atom is -0.0999 e. The fraction of sp³-hybridized carbons (Fsp3) is 0.906. The minimum atomic E-state index is 0.543. The van der Waals surface area contributed by atoms with Crippen LogP contribution in [0.3, 0.4) is 0 Å². The second kappa shape index (κ2) is 22.5. The molecule has 1 unspecified atom stereocenters. The second-order valence-corrected chi connectivity index (χ2v) is 11.1. The molecule has 191 valence electrons. The van der Waals surface area contributed by atoms with Gasteiger partial charge in [0, 0.05) is 0 Å². The van der Waals surface area contributed by atoms with Crippen LogP contribution in [0.25, 0.3) is 0 Å². The van der Waals surface area contributed by atoms with Gasteiger partial charge in [-0.2, -0.15) is 0 Å².